The molecule has 1 aromatic rings. The Bertz CT molecular complexity index is 207. The van der Waals surface area contributed by atoms with E-state index in [1.54, 1.807) is 18.5 Å². The molecule has 0 aliphatic carbocycles. The van der Waals surface area contributed by atoms with E-state index in [1.807, 2.05) is 0 Å². The van der Waals surface area contributed by atoms with Crippen molar-refractivity contribution < 1.29 is 5.11 Å². The Morgan fingerprint density at radius 2 is 2.40 bits per heavy atom. The van der Waals surface area contributed by atoms with Crippen LogP contribution in [0.15, 0.2) is 0 Å². The van der Waals surface area contributed by atoms with E-state index in [-0.39, 0.29) is 0 Å². The number of aromatic nitrogens is 4. The number of hydrogen-bond acceptors (Lipinski definition) is 4. The van der Waals surface area contributed by atoms with Crippen LogP contribution in [-0.2, 0) is 6.54 Å². The van der Waals surface area contributed by atoms with Gasteiger partial charge < -0.3 is 5.11 Å². The molecule has 0 aliphatic rings. The maximum Gasteiger partial charge on any atom is 0.148 e. The lowest BCUT2D eigenvalue weighted by molar-refractivity contribution is 0.166. The first-order chi connectivity index (χ1) is 4.70. The van der Waals surface area contributed by atoms with Crippen molar-refractivity contribution >= 4 is 0 Å². The van der Waals surface area contributed by atoms with Gasteiger partial charge >= 0.3 is 0 Å². The van der Waals surface area contributed by atoms with Gasteiger partial charge in [0.25, 0.3) is 0 Å². The largest absolute Gasteiger partial charge is 0.391 e. The third-order valence-corrected chi connectivity index (χ3v) is 1.15. The monoisotopic (exact) mass is 142 g/mol. The standard InChI is InChI=1S/C5H10N4O/c1-4(10)3-9-5(2)6-7-8-9/h4,10H,3H2,1-2H3. The molecule has 0 amide bonds. The summed E-state index contributed by atoms with van der Waals surface area (Å²) in [5.41, 5.74) is 0. The summed E-state index contributed by atoms with van der Waals surface area (Å²) in [6.07, 6.45) is -0.401. The summed E-state index contributed by atoms with van der Waals surface area (Å²) in [5, 5.41) is 19.7. The van der Waals surface area contributed by atoms with Crippen LogP contribution >= 0.6 is 0 Å². The van der Waals surface area contributed by atoms with Crippen LogP contribution in [0.25, 0.3) is 0 Å². The average Bonchev–Trinajstić information content (AvgIpc) is 2.15. The molecule has 0 saturated carbocycles. The zero-order valence-corrected chi connectivity index (χ0v) is 6.02. The van der Waals surface area contributed by atoms with Crippen LogP contribution < -0.4 is 0 Å². The maximum atomic E-state index is 8.93. The third-order valence-electron chi connectivity index (χ3n) is 1.15. The molecular weight excluding hydrogens is 132 g/mol. The summed E-state index contributed by atoms with van der Waals surface area (Å²) in [4.78, 5) is 0. The smallest absolute Gasteiger partial charge is 0.148 e. The molecule has 0 fully saturated rings. The van der Waals surface area contributed by atoms with E-state index in [1.165, 1.54) is 0 Å². The summed E-state index contributed by atoms with van der Waals surface area (Å²) < 4.78 is 1.56. The van der Waals surface area contributed by atoms with E-state index in [0.717, 1.165) is 5.82 Å². The van der Waals surface area contributed by atoms with Crippen LogP contribution in [-0.4, -0.2) is 31.4 Å². The van der Waals surface area contributed by atoms with E-state index < -0.39 is 6.10 Å². The zero-order chi connectivity index (χ0) is 7.56. The van der Waals surface area contributed by atoms with Crippen molar-refractivity contribution in [3.8, 4) is 0 Å². The average molecular weight is 142 g/mol. The Labute approximate surface area is 58.7 Å². The lowest BCUT2D eigenvalue weighted by Gasteiger charge is -2.02. The SMILES string of the molecule is Cc1nnnn1CC(C)O. The highest BCUT2D eigenvalue weighted by Crippen LogP contribution is 1.90. The molecule has 1 atom stereocenters. The molecule has 56 valence electrons. The van der Waals surface area contributed by atoms with Crippen molar-refractivity contribution in [2.24, 2.45) is 0 Å². The second kappa shape index (κ2) is 2.74. The summed E-state index contributed by atoms with van der Waals surface area (Å²) in [5.74, 6) is 0.723. The minimum Gasteiger partial charge on any atom is -0.391 e. The molecule has 5 heteroatoms. The molecule has 1 N–H and O–H groups in total. The first-order valence-electron chi connectivity index (χ1n) is 3.11. The normalized spacial score (nSPS) is 13.5. The van der Waals surface area contributed by atoms with E-state index in [4.69, 9.17) is 5.11 Å². The molecule has 5 nitrogen and oxygen atoms in total. The first-order valence-corrected chi connectivity index (χ1v) is 3.11. The molecule has 0 aromatic carbocycles. The Kier molecular flexibility index (Phi) is 1.96. The number of hydrogen-bond donors (Lipinski definition) is 1. The highest BCUT2D eigenvalue weighted by Gasteiger charge is 2.02. The summed E-state index contributed by atoms with van der Waals surface area (Å²) >= 11 is 0. The van der Waals surface area contributed by atoms with Crippen molar-refractivity contribution in [1.29, 1.82) is 0 Å². The Morgan fingerprint density at radius 3 is 2.80 bits per heavy atom. The van der Waals surface area contributed by atoms with Gasteiger partial charge in [-0.25, -0.2) is 4.68 Å². The predicted molar refractivity (Wildman–Crippen MR) is 34.2 cm³/mol. The highest BCUT2D eigenvalue weighted by atomic mass is 16.3. The van der Waals surface area contributed by atoms with E-state index in [2.05, 4.69) is 15.5 Å². The number of aliphatic hydroxyl groups is 1. The molecule has 0 saturated heterocycles. The van der Waals surface area contributed by atoms with Crippen molar-refractivity contribution in [3.63, 3.8) is 0 Å². The summed E-state index contributed by atoms with van der Waals surface area (Å²) in [7, 11) is 0. The molecule has 0 bridgehead atoms. The molecule has 1 heterocycles. The van der Waals surface area contributed by atoms with Gasteiger partial charge in [-0.15, -0.1) is 5.10 Å². The summed E-state index contributed by atoms with van der Waals surface area (Å²) in [6.45, 7) is 3.95. The number of nitrogens with zero attached hydrogens (tertiary/aromatic N) is 4. The maximum absolute atomic E-state index is 8.93. The van der Waals surface area contributed by atoms with Crippen LogP contribution in [0.1, 0.15) is 12.7 Å². The fraction of sp³-hybridized carbons (Fsp3) is 0.800. The Morgan fingerprint density at radius 1 is 1.70 bits per heavy atom. The van der Waals surface area contributed by atoms with Gasteiger partial charge in [-0.2, -0.15) is 0 Å². The number of aryl methyl sites for hydroxylation is 1. The van der Waals surface area contributed by atoms with Gasteiger partial charge in [-0.1, -0.05) is 0 Å². The van der Waals surface area contributed by atoms with Gasteiger partial charge in [-0.3, -0.25) is 0 Å². The van der Waals surface area contributed by atoms with E-state index in [0.29, 0.717) is 6.54 Å². The zero-order valence-electron chi connectivity index (χ0n) is 6.02. The molecule has 1 unspecified atom stereocenters. The molecule has 10 heavy (non-hydrogen) atoms. The van der Waals surface area contributed by atoms with Crippen molar-refractivity contribution in [2.45, 2.75) is 26.5 Å². The van der Waals surface area contributed by atoms with Crippen LogP contribution in [0.3, 0.4) is 0 Å². The van der Waals surface area contributed by atoms with Crippen molar-refractivity contribution in [3.05, 3.63) is 5.82 Å². The van der Waals surface area contributed by atoms with Gasteiger partial charge in [-0.05, 0) is 24.3 Å². The topological polar surface area (TPSA) is 63.8 Å². The van der Waals surface area contributed by atoms with Crippen LogP contribution in [0.5, 0.6) is 0 Å². The Hall–Kier alpha value is -0.970. The van der Waals surface area contributed by atoms with Gasteiger partial charge in [0.05, 0.1) is 12.6 Å². The molecule has 0 aliphatic heterocycles. The molecule has 0 spiro atoms. The van der Waals surface area contributed by atoms with Gasteiger partial charge in [0, 0.05) is 0 Å². The number of rotatable bonds is 2. The molecular formula is C5H10N4O. The predicted octanol–water partition coefficient (Wildman–Crippen LogP) is -0.638. The van der Waals surface area contributed by atoms with Crippen molar-refractivity contribution in [2.75, 3.05) is 0 Å². The molecule has 1 rings (SSSR count). The van der Waals surface area contributed by atoms with Crippen LogP contribution in [0, 0.1) is 6.92 Å². The van der Waals surface area contributed by atoms with E-state index in [9.17, 15) is 0 Å². The van der Waals surface area contributed by atoms with Crippen LogP contribution in [0.4, 0.5) is 0 Å². The highest BCUT2D eigenvalue weighted by molar-refractivity contribution is 4.73. The van der Waals surface area contributed by atoms with Gasteiger partial charge in [0.2, 0.25) is 0 Å². The first kappa shape index (κ1) is 7.14. The van der Waals surface area contributed by atoms with E-state index >= 15 is 0 Å². The fourth-order valence-electron chi connectivity index (χ4n) is 0.668. The second-order valence-electron chi connectivity index (χ2n) is 2.26. The van der Waals surface area contributed by atoms with Gasteiger partial charge in [0.15, 0.2) is 0 Å². The molecule has 0 radical (unpaired) electrons. The lowest BCUT2D eigenvalue weighted by Crippen LogP contribution is -2.14. The molecule has 1 aromatic heterocycles. The number of tetrazole rings is 1. The summed E-state index contributed by atoms with van der Waals surface area (Å²) in [6, 6.07) is 0. The van der Waals surface area contributed by atoms with Crippen molar-refractivity contribution in [1.82, 2.24) is 20.2 Å². The quantitative estimate of drug-likeness (QED) is 0.596. The lowest BCUT2D eigenvalue weighted by atomic mass is 10.4. The number of aliphatic hydroxyl groups excluding tert-OH is 1. The van der Waals surface area contributed by atoms with Gasteiger partial charge in [0.1, 0.15) is 5.82 Å². The minimum absolute atomic E-state index is 0.401. The Balaban J connectivity index is 2.65. The van der Waals surface area contributed by atoms with Crippen LogP contribution in [0.2, 0.25) is 0 Å². The third kappa shape index (κ3) is 1.51. The minimum atomic E-state index is -0.401. The second-order valence-corrected chi connectivity index (χ2v) is 2.26. The fourth-order valence-corrected chi connectivity index (χ4v) is 0.668.